The van der Waals surface area contributed by atoms with Crippen molar-refractivity contribution in [3.05, 3.63) is 83.1 Å². The van der Waals surface area contributed by atoms with Gasteiger partial charge in [-0.1, -0.05) is 12.1 Å². The Morgan fingerprint density at radius 2 is 2.03 bits per heavy atom. The lowest BCUT2D eigenvalue weighted by Crippen LogP contribution is -2.24. The van der Waals surface area contributed by atoms with Crippen LogP contribution in [0.4, 0.5) is 8.78 Å². The molecule has 0 fully saturated rings. The molecule has 0 unspecified atom stereocenters. The third-order valence-corrected chi connectivity index (χ3v) is 4.58. The summed E-state index contributed by atoms with van der Waals surface area (Å²) >= 11 is 0. The van der Waals surface area contributed by atoms with E-state index in [9.17, 15) is 13.6 Å². The Morgan fingerprint density at radius 1 is 1.16 bits per heavy atom. The van der Waals surface area contributed by atoms with Gasteiger partial charge in [-0.15, -0.1) is 0 Å². The van der Waals surface area contributed by atoms with Gasteiger partial charge in [0.2, 0.25) is 0 Å². The summed E-state index contributed by atoms with van der Waals surface area (Å²) in [5, 5.41) is 10.5. The van der Waals surface area contributed by atoms with Gasteiger partial charge in [-0.25, -0.2) is 8.78 Å². The number of methoxy groups -OCH3 is 1. The number of nitrogens with zero attached hydrogens (tertiary/aromatic N) is 3. The van der Waals surface area contributed by atoms with Crippen molar-refractivity contribution in [3.63, 3.8) is 0 Å². The summed E-state index contributed by atoms with van der Waals surface area (Å²) in [5.41, 5.74) is 2.55. The molecule has 2 heterocycles. The molecule has 0 spiro atoms. The van der Waals surface area contributed by atoms with Gasteiger partial charge in [0.05, 0.1) is 47.7 Å². The number of rotatable bonds is 6. The highest BCUT2D eigenvalue weighted by Crippen LogP contribution is 2.32. The molecule has 0 saturated carbocycles. The molecule has 0 radical (unpaired) electrons. The fourth-order valence-electron chi connectivity index (χ4n) is 3.10. The number of amides is 1. The van der Waals surface area contributed by atoms with Crippen LogP contribution in [0.15, 0.2) is 48.9 Å². The van der Waals surface area contributed by atoms with Crippen LogP contribution in [0.25, 0.3) is 23.1 Å². The maximum absolute atomic E-state index is 13.5. The van der Waals surface area contributed by atoms with Crippen LogP contribution in [-0.2, 0) is 6.54 Å². The van der Waals surface area contributed by atoms with Crippen LogP contribution in [0.2, 0.25) is 0 Å². The van der Waals surface area contributed by atoms with Crippen LogP contribution in [0.3, 0.4) is 0 Å². The van der Waals surface area contributed by atoms with Crippen molar-refractivity contribution in [2.75, 3.05) is 7.11 Å². The average Bonchev–Trinajstić information content (AvgIpc) is 3.21. The van der Waals surface area contributed by atoms with E-state index in [2.05, 4.69) is 25.5 Å². The molecule has 0 aliphatic carbocycles. The Hall–Kier alpha value is -4.14. The molecule has 4 rings (SSSR count). The first-order chi connectivity index (χ1) is 15.1. The largest absolute Gasteiger partial charge is 0.495 e. The highest BCUT2D eigenvalue weighted by atomic mass is 19.2. The van der Waals surface area contributed by atoms with Gasteiger partial charge in [0.1, 0.15) is 5.75 Å². The highest BCUT2D eigenvalue weighted by Gasteiger charge is 2.19. The van der Waals surface area contributed by atoms with Gasteiger partial charge in [0.25, 0.3) is 5.91 Å². The summed E-state index contributed by atoms with van der Waals surface area (Å²) in [7, 11) is 1.46. The number of fused-ring (bicyclic) bond motifs is 1. The van der Waals surface area contributed by atoms with Gasteiger partial charge in [-0.3, -0.25) is 19.9 Å². The van der Waals surface area contributed by atoms with Gasteiger partial charge >= 0.3 is 0 Å². The Bertz CT molecular complexity index is 1270. The molecule has 0 aliphatic heterocycles. The predicted octanol–water partition coefficient (Wildman–Crippen LogP) is 3.74. The molecule has 156 valence electrons. The van der Waals surface area contributed by atoms with Gasteiger partial charge in [-0.05, 0) is 35.9 Å². The molecule has 2 N–H and O–H groups in total. The highest BCUT2D eigenvalue weighted by molar-refractivity contribution is 6.05. The fourth-order valence-corrected chi connectivity index (χ4v) is 3.10. The van der Waals surface area contributed by atoms with Crippen LogP contribution >= 0.6 is 0 Å². The summed E-state index contributed by atoms with van der Waals surface area (Å²) in [5.74, 6) is -1.86. The molecule has 7 nitrogen and oxygen atoms in total. The smallest absolute Gasteiger partial charge is 0.255 e. The number of hydrogen-bond acceptors (Lipinski definition) is 5. The molecule has 2 aromatic carbocycles. The van der Waals surface area contributed by atoms with Gasteiger partial charge in [-0.2, -0.15) is 5.10 Å². The lowest BCUT2D eigenvalue weighted by atomic mass is 10.1. The van der Waals surface area contributed by atoms with Crippen LogP contribution in [0.5, 0.6) is 5.75 Å². The maximum Gasteiger partial charge on any atom is 0.255 e. The summed E-state index contributed by atoms with van der Waals surface area (Å²) in [6, 6.07) is 6.94. The van der Waals surface area contributed by atoms with E-state index in [1.54, 1.807) is 42.9 Å². The number of benzene rings is 2. The first-order valence-corrected chi connectivity index (χ1v) is 9.28. The van der Waals surface area contributed by atoms with Crippen molar-refractivity contribution in [2.24, 2.45) is 0 Å². The van der Waals surface area contributed by atoms with Crippen molar-refractivity contribution in [1.29, 1.82) is 0 Å². The lowest BCUT2D eigenvalue weighted by molar-refractivity contribution is 0.0947. The Balaban J connectivity index is 1.65. The van der Waals surface area contributed by atoms with E-state index in [1.165, 1.54) is 13.2 Å². The third-order valence-electron chi connectivity index (χ3n) is 4.58. The second-order valence-electron chi connectivity index (χ2n) is 6.56. The number of nitrogens with one attached hydrogen (secondary N) is 2. The van der Waals surface area contributed by atoms with Crippen molar-refractivity contribution >= 4 is 29.0 Å². The Kier molecular flexibility index (Phi) is 5.65. The standard InChI is InChI=1S/C22H17F2N5O2/c1-31-21-15(22(30)27-12-14-11-25-8-9-26-14)4-7-19-20(21)18(28-29-19)6-3-13-2-5-16(23)17(24)10-13/h2-11H,12H2,1H3,(H,27,30)(H,28,29). The molecule has 9 heteroatoms. The van der Waals surface area contributed by atoms with Crippen LogP contribution in [0, 0.1) is 11.6 Å². The van der Waals surface area contributed by atoms with E-state index in [0.29, 0.717) is 39.2 Å². The molecular weight excluding hydrogens is 404 g/mol. The zero-order valence-corrected chi connectivity index (χ0v) is 16.4. The van der Waals surface area contributed by atoms with E-state index in [-0.39, 0.29) is 12.5 Å². The zero-order chi connectivity index (χ0) is 21.8. The molecule has 4 aromatic rings. The second-order valence-corrected chi connectivity index (χ2v) is 6.56. The summed E-state index contributed by atoms with van der Waals surface area (Å²) < 4.78 is 32.1. The first kappa shape index (κ1) is 20.1. The van der Waals surface area contributed by atoms with Gasteiger partial charge in [0, 0.05) is 12.4 Å². The number of aromatic amines is 1. The van der Waals surface area contributed by atoms with Crippen LogP contribution < -0.4 is 10.1 Å². The Morgan fingerprint density at radius 3 is 2.77 bits per heavy atom. The van der Waals surface area contributed by atoms with Crippen molar-refractivity contribution in [3.8, 4) is 5.75 Å². The number of aromatic nitrogens is 4. The number of carbonyl (C=O) groups is 1. The van der Waals surface area contributed by atoms with Gasteiger partial charge < -0.3 is 10.1 Å². The van der Waals surface area contributed by atoms with E-state index >= 15 is 0 Å². The minimum Gasteiger partial charge on any atom is -0.495 e. The van der Waals surface area contributed by atoms with Crippen molar-refractivity contribution < 1.29 is 18.3 Å². The molecule has 1 amide bonds. The zero-order valence-electron chi connectivity index (χ0n) is 16.4. The number of halogens is 2. The number of carbonyl (C=O) groups excluding carboxylic acids is 1. The third kappa shape index (κ3) is 4.25. The first-order valence-electron chi connectivity index (χ1n) is 9.28. The van der Waals surface area contributed by atoms with Crippen molar-refractivity contribution in [2.45, 2.75) is 6.54 Å². The summed E-state index contributed by atoms with van der Waals surface area (Å²) in [4.78, 5) is 20.9. The number of H-pyrrole nitrogens is 1. The SMILES string of the molecule is COc1c(C(=O)NCc2cnccn2)ccc2[nH]nc(C=Cc3ccc(F)c(F)c3)c12. The number of ether oxygens (including phenoxy) is 1. The number of hydrogen-bond donors (Lipinski definition) is 2. The minimum absolute atomic E-state index is 0.210. The maximum atomic E-state index is 13.5. The van der Waals surface area contributed by atoms with Crippen LogP contribution in [-0.4, -0.2) is 33.2 Å². The topological polar surface area (TPSA) is 92.8 Å². The molecule has 31 heavy (non-hydrogen) atoms. The normalized spacial score (nSPS) is 11.2. The van der Waals surface area contributed by atoms with Crippen LogP contribution in [0.1, 0.15) is 27.3 Å². The molecular formula is C22H17F2N5O2. The van der Waals surface area contributed by atoms with Crippen molar-refractivity contribution in [1.82, 2.24) is 25.5 Å². The van der Waals surface area contributed by atoms with Gasteiger partial charge in [0.15, 0.2) is 11.6 Å². The average molecular weight is 421 g/mol. The van der Waals surface area contributed by atoms with E-state index < -0.39 is 11.6 Å². The fraction of sp³-hybridized carbons (Fsp3) is 0.0909. The van der Waals surface area contributed by atoms with E-state index in [0.717, 1.165) is 12.1 Å². The molecule has 2 aromatic heterocycles. The van der Waals surface area contributed by atoms with E-state index in [1.807, 2.05) is 0 Å². The quantitative estimate of drug-likeness (QED) is 0.495. The molecule has 0 bridgehead atoms. The summed E-state index contributed by atoms with van der Waals surface area (Å²) in [6.07, 6.45) is 7.90. The molecule has 0 aliphatic rings. The molecule has 0 saturated heterocycles. The van der Waals surface area contributed by atoms with E-state index in [4.69, 9.17) is 4.74 Å². The summed E-state index contributed by atoms with van der Waals surface area (Å²) in [6.45, 7) is 0.210. The Labute approximate surface area is 175 Å². The monoisotopic (exact) mass is 421 g/mol. The molecule has 0 atom stereocenters. The second kappa shape index (κ2) is 8.70. The predicted molar refractivity (Wildman–Crippen MR) is 111 cm³/mol. The minimum atomic E-state index is -0.936. The lowest BCUT2D eigenvalue weighted by Gasteiger charge is -2.10.